The molecule has 7 heteroatoms. The summed E-state index contributed by atoms with van der Waals surface area (Å²) in [5.74, 6) is -0.149. The monoisotopic (exact) mass is 286 g/mol. The Balaban J connectivity index is 1.51. The number of hydrogen-bond acceptors (Lipinski definition) is 4. The van der Waals surface area contributed by atoms with E-state index in [1.165, 1.54) is 0 Å². The SMILES string of the molecule is Cn1cc2c(n1)CCCC2NC(=O)c1cn(C2CC2)nn1. The fourth-order valence-electron chi connectivity index (χ4n) is 2.95. The number of nitrogens with one attached hydrogen (secondary N) is 1. The van der Waals surface area contributed by atoms with Crippen molar-refractivity contribution in [3.05, 3.63) is 29.3 Å². The van der Waals surface area contributed by atoms with Gasteiger partial charge in [-0.3, -0.25) is 9.48 Å². The predicted molar refractivity (Wildman–Crippen MR) is 74.6 cm³/mol. The molecule has 1 amide bonds. The van der Waals surface area contributed by atoms with Crippen LogP contribution in [0.1, 0.15) is 59.5 Å². The van der Waals surface area contributed by atoms with E-state index in [2.05, 4.69) is 20.7 Å². The lowest BCUT2D eigenvalue weighted by Crippen LogP contribution is -2.30. The third-order valence-electron chi connectivity index (χ3n) is 4.19. The Morgan fingerprint density at radius 3 is 3.00 bits per heavy atom. The summed E-state index contributed by atoms with van der Waals surface area (Å²) in [7, 11) is 1.92. The van der Waals surface area contributed by atoms with Crippen LogP contribution in [-0.2, 0) is 13.5 Å². The second-order valence-electron chi connectivity index (χ2n) is 5.94. The van der Waals surface area contributed by atoms with E-state index in [0.29, 0.717) is 11.7 Å². The van der Waals surface area contributed by atoms with Crippen molar-refractivity contribution in [2.75, 3.05) is 0 Å². The normalized spacial score (nSPS) is 21.1. The van der Waals surface area contributed by atoms with E-state index in [1.807, 2.05) is 17.9 Å². The Morgan fingerprint density at radius 2 is 2.19 bits per heavy atom. The maximum atomic E-state index is 12.3. The lowest BCUT2D eigenvalue weighted by Gasteiger charge is -2.22. The average molecular weight is 286 g/mol. The van der Waals surface area contributed by atoms with E-state index < -0.39 is 0 Å². The molecule has 21 heavy (non-hydrogen) atoms. The van der Waals surface area contributed by atoms with E-state index in [0.717, 1.165) is 43.4 Å². The zero-order valence-corrected chi connectivity index (χ0v) is 12.0. The third-order valence-corrected chi connectivity index (χ3v) is 4.19. The van der Waals surface area contributed by atoms with Crippen LogP contribution in [0, 0.1) is 0 Å². The van der Waals surface area contributed by atoms with E-state index in [9.17, 15) is 4.79 Å². The zero-order chi connectivity index (χ0) is 14.4. The Hall–Kier alpha value is -2.18. The molecule has 7 nitrogen and oxygen atoms in total. The van der Waals surface area contributed by atoms with Gasteiger partial charge in [0.1, 0.15) is 0 Å². The fraction of sp³-hybridized carbons (Fsp3) is 0.571. The number of rotatable bonds is 3. The summed E-state index contributed by atoms with van der Waals surface area (Å²) in [6.45, 7) is 0. The minimum atomic E-state index is -0.149. The van der Waals surface area contributed by atoms with Gasteiger partial charge in [-0.2, -0.15) is 5.10 Å². The Bertz CT molecular complexity index is 683. The van der Waals surface area contributed by atoms with Crippen LogP contribution in [0.5, 0.6) is 0 Å². The Kier molecular flexibility index (Phi) is 2.80. The van der Waals surface area contributed by atoms with E-state index in [1.54, 1.807) is 10.9 Å². The van der Waals surface area contributed by atoms with Gasteiger partial charge in [0.25, 0.3) is 5.91 Å². The van der Waals surface area contributed by atoms with Gasteiger partial charge in [-0.15, -0.1) is 5.10 Å². The van der Waals surface area contributed by atoms with Gasteiger partial charge >= 0.3 is 0 Å². The quantitative estimate of drug-likeness (QED) is 0.918. The highest BCUT2D eigenvalue weighted by Gasteiger charge is 2.28. The highest BCUT2D eigenvalue weighted by Crippen LogP contribution is 2.33. The molecule has 0 radical (unpaired) electrons. The van der Waals surface area contributed by atoms with E-state index >= 15 is 0 Å². The summed E-state index contributed by atoms with van der Waals surface area (Å²) < 4.78 is 3.61. The molecule has 110 valence electrons. The van der Waals surface area contributed by atoms with E-state index in [-0.39, 0.29) is 11.9 Å². The lowest BCUT2D eigenvalue weighted by molar-refractivity contribution is 0.0927. The number of hydrogen-bond donors (Lipinski definition) is 1. The number of carbonyl (C=O) groups is 1. The maximum Gasteiger partial charge on any atom is 0.273 e. The summed E-state index contributed by atoms with van der Waals surface area (Å²) in [5.41, 5.74) is 2.63. The first-order valence-corrected chi connectivity index (χ1v) is 7.46. The number of aromatic nitrogens is 5. The number of amides is 1. The van der Waals surface area contributed by atoms with Gasteiger partial charge in [0.2, 0.25) is 0 Å². The molecule has 0 aliphatic heterocycles. The van der Waals surface area contributed by atoms with Gasteiger partial charge in [0, 0.05) is 18.8 Å². The number of aryl methyl sites for hydroxylation is 2. The molecule has 2 aromatic rings. The summed E-state index contributed by atoms with van der Waals surface area (Å²) in [6.07, 6.45) is 8.99. The first-order chi connectivity index (χ1) is 10.2. The molecule has 1 N–H and O–H groups in total. The molecule has 4 rings (SSSR count). The molecule has 1 saturated carbocycles. The van der Waals surface area contributed by atoms with Gasteiger partial charge in [-0.05, 0) is 32.1 Å². The summed E-state index contributed by atoms with van der Waals surface area (Å²) in [6, 6.07) is 0.472. The molecular formula is C14H18N6O. The summed E-state index contributed by atoms with van der Waals surface area (Å²) in [4.78, 5) is 12.3. The zero-order valence-electron chi connectivity index (χ0n) is 12.0. The fourth-order valence-corrected chi connectivity index (χ4v) is 2.95. The molecule has 0 aromatic carbocycles. The average Bonchev–Trinajstić information content (AvgIpc) is 3.06. The van der Waals surface area contributed by atoms with Gasteiger partial charge in [0.15, 0.2) is 5.69 Å². The number of fused-ring (bicyclic) bond motifs is 1. The second-order valence-corrected chi connectivity index (χ2v) is 5.94. The molecule has 2 aromatic heterocycles. The molecule has 1 unspecified atom stereocenters. The number of carbonyl (C=O) groups excluding carboxylic acids is 1. The molecule has 2 aliphatic carbocycles. The standard InChI is InChI=1S/C14H18N6O/c1-19-7-10-11(3-2-4-12(10)17-19)15-14(21)13-8-20(18-16-13)9-5-6-9/h7-9,11H,2-6H2,1H3,(H,15,21). The smallest absolute Gasteiger partial charge is 0.273 e. The first-order valence-electron chi connectivity index (χ1n) is 7.46. The Labute approximate surface area is 122 Å². The van der Waals surface area contributed by atoms with Crippen molar-refractivity contribution in [3.63, 3.8) is 0 Å². The minimum absolute atomic E-state index is 0.0287. The van der Waals surface area contributed by atoms with Crippen LogP contribution in [0.4, 0.5) is 0 Å². The van der Waals surface area contributed by atoms with Crippen LogP contribution in [0.15, 0.2) is 12.4 Å². The van der Waals surface area contributed by atoms with Gasteiger partial charge in [-0.25, -0.2) is 4.68 Å². The van der Waals surface area contributed by atoms with Crippen LogP contribution < -0.4 is 5.32 Å². The molecule has 2 heterocycles. The molecule has 0 spiro atoms. The van der Waals surface area contributed by atoms with Crippen LogP contribution in [0.3, 0.4) is 0 Å². The van der Waals surface area contributed by atoms with Crippen LogP contribution in [0.2, 0.25) is 0 Å². The molecule has 0 bridgehead atoms. The molecule has 0 saturated heterocycles. The van der Waals surface area contributed by atoms with Gasteiger partial charge < -0.3 is 5.32 Å². The van der Waals surface area contributed by atoms with Crippen molar-refractivity contribution in [2.24, 2.45) is 7.05 Å². The molecule has 2 aliphatic rings. The Morgan fingerprint density at radius 1 is 1.33 bits per heavy atom. The maximum absolute atomic E-state index is 12.3. The van der Waals surface area contributed by atoms with E-state index in [4.69, 9.17) is 0 Å². The first kappa shape index (κ1) is 12.6. The topological polar surface area (TPSA) is 77.6 Å². The summed E-state index contributed by atoms with van der Waals surface area (Å²) >= 11 is 0. The van der Waals surface area contributed by atoms with Crippen molar-refractivity contribution in [2.45, 2.75) is 44.2 Å². The van der Waals surface area contributed by atoms with Crippen molar-refractivity contribution in [3.8, 4) is 0 Å². The van der Waals surface area contributed by atoms with Crippen molar-refractivity contribution >= 4 is 5.91 Å². The van der Waals surface area contributed by atoms with Crippen LogP contribution >= 0.6 is 0 Å². The van der Waals surface area contributed by atoms with Crippen molar-refractivity contribution in [1.82, 2.24) is 30.1 Å². The van der Waals surface area contributed by atoms with Crippen LogP contribution in [0.25, 0.3) is 0 Å². The largest absolute Gasteiger partial charge is 0.344 e. The molecule has 1 atom stereocenters. The minimum Gasteiger partial charge on any atom is -0.344 e. The predicted octanol–water partition coefficient (Wildman–Crippen LogP) is 1.15. The highest BCUT2D eigenvalue weighted by atomic mass is 16.2. The number of nitrogens with zero attached hydrogens (tertiary/aromatic N) is 5. The highest BCUT2D eigenvalue weighted by molar-refractivity contribution is 5.92. The lowest BCUT2D eigenvalue weighted by atomic mass is 9.93. The summed E-state index contributed by atoms with van der Waals surface area (Å²) in [5, 5.41) is 15.5. The van der Waals surface area contributed by atoms with Gasteiger partial charge in [0.05, 0.1) is 24.0 Å². The van der Waals surface area contributed by atoms with Gasteiger partial charge in [-0.1, -0.05) is 5.21 Å². The second kappa shape index (κ2) is 4.68. The van der Waals surface area contributed by atoms with Crippen molar-refractivity contribution < 1.29 is 4.79 Å². The van der Waals surface area contributed by atoms with Crippen molar-refractivity contribution in [1.29, 1.82) is 0 Å². The third kappa shape index (κ3) is 2.32. The molecular weight excluding hydrogens is 268 g/mol. The van der Waals surface area contributed by atoms with Crippen LogP contribution in [-0.4, -0.2) is 30.7 Å². The molecule has 1 fully saturated rings.